The van der Waals surface area contributed by atoms with E-state index in [1.807, 2.05) is 42.5 Å². The second kappa shape index (κ2) is 10.3. The van der Waals surface area contributed by atoms with Crippen LogP contribution in [-0.2, 0) is 4.79 Å². The Labute approximate surface area is 171 Å². The van der Waals surface area contributed by atoms with E-state index in [-0.39, 0.29) is 5.91 Å². The maximum absolute atomic E-state index is 12.0. The van der Waals surface area contributed by atoms with Gasteiger partial charge in [-0.25, -0.2) is 0 Å². The highest BCUT2D eigenvalue weighted by atomic mass is 32.2. The lowest BCUT2D eigenvalue weighted by Gasteiger charge is -2.04. The minimum Gasteiger partial charge on any atom is -0.355 e. The number of anilines is 2. The van der Waals surface area contributed by atoms with E-state index in [0.29, 0.717) is 12.3 Å². The van der Waals surface area contributed by atoms with Crippen molar-refractivity contribution in [3.8, 4) is 0 Å². The predicted octanol–water partition coefficient (Wildman–Crippen LogP) is 4.59. The summed E-state index contributed by atoms with van der Waals surface area (Å²) < 4.78 is 0.776. The Morgan fingerprint density at radius 3 is 2.59 bits per heavy atom. The third-order valence-electron chi connectivity index (χ3n) is 3.47. The quantitative estimate of drug-likeness (QED) is 0.393. The fraction of sp³-hybridized carbons (Fsp3) is 0.211. The van der Waals surface area contributed by atoms with Crippen LogP contribution in [0.2, 0.25) is 0 Å². The van der Waals surface area contributed by atoms with Crippen molar-refractivity contribution in [2.75, 3.05) is 23.4 Å². The Balaban J connectivity index is 1.35. The maximum Gasteiger partial charge on any atom is 0.230 e. The van der Waals surface area contributed by atoms with Gasteiger partial charge in [0, 0.05) is 22.9 Å². The van der Waals surface area contributed by atoms with Crippen LogP contribution in [0.25, 0.3) is 0 Å². The maximum atomic E-state index is 12.0. The van der Waals surface area contributed by atoms with E-state index in [1.165, 1.54) is 33.6 Å². The molecule has 0 bridgehead atoms. The van der Waals surface area contributed by atoms with Gasteiger partial charge in [0.25, 0.3) is 0 Å². The summed E-state index contributed by atoms with van der Waals surface area (Å²) in [5.74, 6) is 1.20. The van der Waals surface area contributed by atoms with Crippen LogP contribution in [0.4, 0.5) is 10.8 Å². The third-order valence-corrected chi connectivity index (χ3v) is 6.46. The molecule has 0 unspecified atom stereocenters. The van der Waals surface area contributed by atoms with Gasteiger partial charge >= 0.3 is 0 Å². The normalized spacial score (nSPS) is 10.6. The van der Waals surface area contributed by atoms with Crippen LogP contribution in [0, 0.1) is 6.92 Å². The summed E-state index contributed by atoms with van der Waals surface area (Å²) in [5, 5.41) is 15.1. The van der Waals surface area contributed by atoms with Crippen molar-refractivity contribution in [1.82, 2.24) is 15.5 Å². The van der Waals surface area contributed by atoms with Crippen molar-refractivity contribution in [3.05, 3.63) is 60.2 Å². The molecule has 140 valence electrons. The highest BCUT2D eigenvalue weighted by molar-refractivity contribution is 8.01. The van der Waals surface area contributed by atoms with Crippen molar-refractivity contribution in [2.45, 2.75) is 16.2 Å². The number of nitrogens with zero attached hydrogens (tertiary/aromatic N) is 2. The van der Waals surface area contributed by atoms with Gasteiger partial charge in [0.2, 0.25) is 11.0 Å². The van der Waals surface area contributed by atoms with E-state index in [1.54, 1.807) is 11.8 Å². The second-order valence-electron chi connectivity index (χ2n) is 5.66. The number of carbonyl (C=O) groups is 1. The summed E-state index contributed by atoms with van der Waals surface area (Å²) in [6.07, 6.45) is 0. The van der Waals surface area contributed by atoms with Gasteiger partial charge in [-0.1, -0.05) is 59.0 Å². The van der Waals surface area contributed by atoms with Crippen LogP contribution in [0.1, 0.15) is 5.56 Å². The number of hydrogen-bond acceptors (Lipinski definition) is 7. The number of thioether (sulfide) groups is 2. The van der Waals surface area contributed by atoms with Gasteiger partial charge < -0.3 is 10.6 Å². The largest absolute Gasteiger partial charge is 0.355 e. The molecule has 0 aliphatic carbocycles. The van der Waals surface area contributed by atoms with Gasteiger partial charge in [-0.15, -0.1) is 22.0 Å². The minimum absolute atomic E-state index is 0.0110. The molecule has 0 aliphatic heterocycles. The molecule has 0 fully saturated rings. The standard InChI is InChI=1S/C19H20N4OS3/c1-14-7-9-15(10-8-14)21-18-22-23-19(27-18)26-13-17(24)20-11-12-25-16-5-3-2-4-6-16/h2-10H,11-13H2,1H3,(H,20,24)(H,21,22). The Morgan fingerprint density at radius 1 is 1.04 bits per heavy atom. The molecule has 0 radical (unpaired) electrons. The summed E-state index contributed by atoms with van der Waals surface area (Å²) in [6.45, 7) is 2.70. The van der Waals surface area contributed by atoms with Crippen LogP contribution < -0.4 is 10.6 Å². The minimum atomic E-state index is 0.0110. The first-order chi connectivity index (χ1) is 13.2. The molecule has 0 saturated carbocycles. The summed E-state index contributed by atoms with van der Waals surface area (Å²) in [6, 6.07) is 18.3. The average Bonchev–Trinajstić information content (AvgIpc) is 3.14. The average molecular weight is 417 g/mol. The molecular weight excluding hydrogens is 396 g/mol. The molecule has 27 heavy (non-hydrogen) atoms. The van der Waals surface area contributed by atoms with Gasteiger partial charge in [0.15, 0.2) is 4.34 Å². The van der Waals surface area contributed by atoms with E-state index < -0.39 is 0 Å². The number of hydrogen-bond donors (Lipinski definition) is 2. The second-order valence-corrected chi connectivity index (χ2v) is 9.03. The summed E-state index contributed by atoms with van der Waals surface area (Å²) in [4.78, 5) is 13.2. The first kappa shape index (κ1) is 19.7. The van der Waals surface area contributed by atoms with Gasteiger partial charge in [0.1, 0.15) is 0 Å². The molecule has 8 heteroatoms. The van der Waals surface area contributed by atoms with Gasteiger partial charge in [-0.05, 0) is 31.2 Å². The molecule has 0 spiro atoms. The fourth-order valence-corrected chi connectivity index (χ4v) is 4.52. The fourth-order valence-electron chi connectivity index (χ4n) is 2.13. The molecule has 2 N–H and O–H groups in total. The lowest BCUT2D eigenvalue weighted by atomic mass is 10.2. The summed E-state index contributed by atoms with van der Waals surface area (Å²) in [5.41, 5.74) is 2.18. The molecule has 5 nitrogen and oxygen atoms in total. The molecule has 3 rings (SSSR count). The number of carbonyl (C=O) groups excluding carboxylic acids is 1. The van der Waals surface area contributed by atoms with Crippen LogP contribution in [0.15, 0.2) is 63.8 Å². The van der Waals surface area contributed by atoms with Crippen molar-refractivity contribution in [1.29, 1.82) is 0 Å². The van der Waals surface area contributed by atoms with Crippen LogP contribution in [0.3, 0.4) is 0 Å². The smallest absolute Gasteiger partial charge is 0.230 e. The van der Waals surface area contributed by atoms with E-state index >= 15 is 0 Å². The number of nitrogens with one attached hydrogen (secondary N) is 2. The highest BCUT2D eigenvalue weighted by Gasteiger charge is 2.08. The zero-order chi connectivity index (χ0) is 18.9. The van der Waals surface area contributed by atoms with Crippen LogP contribution in [-0.4, -0.2) is 34.2 Å². The Bertz CT molecular complexity index is 853. The topological polar surface area (TPSA) is 66.9 Å². The predicted molar refractivity (Wildman–Crippen MR) is 115 cm³/mol. The van der Waals surface area contributed by atoms with Crippen LogP contribution >= 0.6 is 34.9 Å². The molecule has 3 aromatic rings. The van der Waals surface area contributed by atoms with E-state index in [4.69, 9.17) is 0 Å². The number of rotatable bonds is 9. The first-order valence-electron chi connectivity index (χ1n) is 8.43. The van der Waals surface area contributed by atoms with E-state index in [0.717, 1.165) is 20.9 Å². The molecule has 0 saturated heterocycles. The van der Waals surface area contributed by atoms with Gasteiger partial charge in [-0.2, -0.15) is 0 Å². The summed E-state index contributed by atoms with van der Waals surface area (Å²) >= 11 is 4.58. The van der Waals surface area contributed by atoms with Crippen LogP contribution in [0.5, 0.6) is 0 Å². The zero-order valence-electron chi connectivity index (χ0n) is 14.8. The molecule has 0 atom stereocenters. The van der Waals surface area contributed by atoms with Gasteiger partial charge in [0.05, 0.1) is 5.75 Å². The number of benzene rings is 2. The van der Waals surface area contributed by atoms with Crippen molar-refractivity contribution >= 4 is 51.6 Å². The molecule has 1 aromatic heterocycles. The van der Waals surface area contributed by atoms with Crippen molar-refractivity contribution in [2.24, 2.45) is 0 Å². The molecule has 2 aromatic carbocycles. The molecular formula is C19H20N4OS3. The van der Waals surface area contributed by atoms with Gasteiger partial charge in [-0.3, -0.25) is 4.79 Å². The Hall–Kier alpha value is -2.03. The van der Waals surface area contributed by atoms with E-state index in [2.05, 4.69) is 39.9 Å². The lowest BCUT2D eigenvalue weighted by Crippen LogP contribution is -2.27. The van der Waals surface area contributed by atoms with E-state index in [9.17, 15) is 4.79 Å². The Morgan fingerprint density at radius 2 is 1.81 bits per heavy atom. The molecule has 1 amide bonds. The monoisotopic (exact) mass is 416 g/mol. The highest BCUT2D eigenvalue weighted by Crippen LogP contribution is 2.27. The number of aryl methyl sites for hydroxylation is 1. The Kier molecular flexibility index (Phi) is 7.55. The SMILES string of the molecule is Cc1ccc(Nc2nnc(SCC(=O)NCCSc3ccccc3)s2)cc1. The third kappa shape index (κ3) is 6.89. The number of aromatic nitrogens is 2. The molecule has 0 aliphatic rings. The van der Waals surface area contributed by atoms with Crippen molar-refractivity contribution < 1.29 is 4.79 Å². The zero-order valence-corrected chi connectivity index (χ0v) is 17.3. The van der Waals surface area contributed by atoms with Crippen molar-refractivity contribution in [3.63, 3.8) is 0 Å². The number of amides is 1. The summed E-state index contributed by atoms with van der Waals surface area (Å²) in [7, 11) is 0. The lowest BCUT2D eigenvalue weighted by molar-refractivity contribution is -0.118. The first-order valence-corrected chi connectivity index (χ1v) is 11.2. The molecule has 1 heterocycles.